The standard InChI is InChI=1S/C13H24O3/c1-6-10-11(16-10)8-9(3)15-12(14)13(4,5)7-2/h9-11H,6-8H2,1-5H3. The highest BCUT2D eigenvalue weighted by Gasteiger charge is 2.39. The van der Waals surface area contributed by atoms with E-state index in [0.717, 1.165) is 19.3 Å². The monoisotopic (exact) mass is 228 g/mol. The summed E-state index contributed by atoms with van der Waals surface area (Å²) in [5.41, 5.74) is -0.372. The summed E-state index contributed by atoms with van der Waals surface area (Å²) >= 11 is 0. The summed E-state index contributed by atoms with van der Waals surface area (Å²) in [5, 5.41) is 0. The van der Waals surface area contributed by atoms with Crippen LogP contribution in [0.15, 0.2) is 0 Å². The van der Waals surface area contributed by atoms with E-state index in [0.29, 0.717) is 12.2 Å². The van der Waals surface area contributed by atoms with E-state index in [1.54, 1.807) is 0 Å². The lowest BCUT2D eigenvalue weighted by Crippen LogP contribution is -2.29. The molecule has 3 heteroatoms. The largest absolute Gasteiger partial charge is 0.462 e. The number of hydrogen-bond acceptors (Lipinski definition) is 3. The summed E-state index contributed by atoms with van der Waals surface area (Å²) in [6.07, 6.45) is 3.32. The van der Waals surface area contributed by atoms with Gasteiger partial charge in [0.15, 0.2) is 0 Å². The maximum Gasteiger partial charge on any atom is 0.311 e. The van der Waals surface area contributed by atoms with Crippen LogP contribution in [0.2, 0.25) is 0 Å². The first-order valence-corrected chi connectivity index (χ1v) is 6.27. The Morgan fingerprint density at radius 2 is 2.00 bits per heavy atom. The smallest absolute Gasteiger partial charge is 0.311 e. The summed E-state index contributed by atoms with van der Waals surface area (Å²) in [4.78, 5) is 11.8. The first kappa shape index (κ1) is 13.5. The number of carbonyl (C=O) groups is 1. The molecule has 0 N–H and O–H groups in total. The maximum atomic E-state index is 11.8. The van der Waals surface area contributed by atoms with Gasteiger partial charge in [-0.1, -0.05) is 13.8 Å². The minimum atomic E-state index is -0.372. The first-order valence-electron chi connectivity index (χ1n) is 6.27. The molecule has 1 rings (SSSR count). The van der Waals surface area contributed by atoms with Gasteiger partial charge in [-0.25, -0.2) is 0 Å². The minimum Gasteiger partial charge on any atom is -0.462 e. The molecule has 0 aromatic rings. The Morgan fingerprint density at radius 3 is 2.44 bits per heavy atom. The molecule has 0 saturated carbocycles. The molecule has 0 radical (unpaired) electrons. The average Bonchev–Trinajstić information content (AvgIpc) is 2.96. The molecule has 0 spiro atoms. The molecule has 1 fully saturated rings. The normalized spacial score (nSPS) is 26.3. The molecule has 1 aliphatic rings. The van der Waals surface area contributed by atoms with Crippen LogP contribution in [0.5, 0.6) is 0 Å². The van der Waals surface area contributed by atoms with Crippen LogP contribution in [-0.2, 0) is 14.3 Å². The summed E-state index contributed by atoms with van der Waals surface area (Å²) in [6.45, 7) is 9.90. The van der Waals surface area contributed by atoms with Crippen LogP contribution in [0.1, 0.15) is 53.9 Å². The Balaban J connectivity index is 2.29. The van der Waals surface area contributed by atoms with Gasteiger partial charge in [0.2, 0.25) is 0 Å². The minimum absolute atomic E-state index is 0.0418. The fourth-order valence-corrected chi connectivity index (χ4v) is 1.61. The highest BCUT2D eigenvalue weighted by molar-refractivity contribution is 5.75. The first-order chi connectivity index (χ1) is 7.40. The summed E-state index contributed by atoms with van der Waals surface area (Å²) in [5.74, 6) is -0.101. The van der Waals surface area contributed by atoms with Crippen molar-refractivity contribution in [3.8, 4) is 0 Å². The van der Waals surface area contributed by atoms with E-state index >= 15 is 0 Å². The third-order valence-electron chi connectivity index (χ3n) is 3.40. The Kier molecular flexibility index (Phi) is 4.36. The van der Waals surface area contributed by atoms with Crippen LogP contribution in [0.4, 0.5) is 0 Å². The van der Waals surface area contributed by atoms with Gasteiger partial charge < -0.3 is 9.47 Å². The molecule has 3 atom stereocenters. The van der Waals surface area contributed by atoms with Gasteiger partial charge in [-0.3, -0.25) is 4.79 Å². The van der Waals surface area contributed by atoms with Crippen molar-refractivity contribution in [2.24, 2.45) is 5.41 Å². The molecular formula is C13H24O3. The zero-order valence-corrected chi connectivity index (χ0v) is 11.1. The fraction of sp³-hybridized carbons (Fsp3) is 0.923. The van der Waals surface area contributed by atoms with E-state index in [1.807, 2.05) is 27.7 Å². The van der Waals surface area contributed by atoms with Crippen molar-refractivity contribution in [3.05, 3.63) is 0 Å². The molecule has 1 heterocycles. The predicted octanol–water partition coefficient (Wildman–Crippen LogP) is 2.92. The SMILES string of the molecule is CCC1OC1CC(C)OC(=O)C(C)(C)CC. The topological polar surface area (TPSA) is 38.8 Å². The van der Waals surface area contributed by atoms with E-state index in [1.165, 1.54) is 0 Å². The van der Waals surface area contributed by atoms with E-state index in [4.69, 9.17) is 9.47 Å². The Labute approximate surface area is 98.5 Å². The highest BCUT2D eigenvalue weighted by atomic mass is 16.6. The number of carbonyl (C=O) groups excluding carboxylic acids is 1. The van der Waals surface area contributed by atoms with Gasteiger partial charge in [0.1, 0.15) is 6.10 Å². The van der Waals surface area contributed by atoms with Crippen molar-refractivity contribution in [2.75, 3.05) is 0 Å². The third-order valence-corrected chi connectivity index (χ3v) is 3.40. The van der Waals surface area contributed by atoms with E-state index in [9.17, 15) is 4.79 Å². The van der Waals surface area contributed by atoms with E-state index in [2.05, 4.69) is 6.92 Å². The van der Waals surface area contributed by atoms with Gasteiger partial charge in [-0.2, -0.15) is 0 Å². The highest BCUT2D eigenvalue weighted by Crippen LogP contribution is 2.30. The van der Waals surface area contributed by atoms with Gasteiger partial charge >= 0.3 is 5.97 Å². The molecule has 0 aromatic carbocycles. The molecule has 0 aliphatic carbocycles. The molecule has 0 aromatic heterocycles. The molecule has 0 bridgehead atoms. The van der Waals surface area contributed by atoms with Crippen molar-refractivity contribution in [2.45, 2.75) is 72.2 Å². The second-order valence-electron chi connectivity index (χ2n) is 5.31. The number of rotatable bonds is 6. The zero-order valence-electron chi connectivity index (χ0n) is 11.1. The van der Waals surface area contributed by atoms with E-state index < -0.39 is 0 Å². The van der Waals surface area contributed by atoms with Crippen LogP contribution in [0, 0.1) is 5.41 Å². The second kappa shape index (κ2) is 5.17. The Bertz CT molecular complexity index is 248. The lowest BCUT2D eigenvalue weighted by atomic mass is 9.90. The van der Waals surface area contributed by atoms with Crippen molar-refractivity contribution in [1.29, 1.82) is 0 Å². The van der Waals surface area contributed by atoms with Crippen molar-refractivity contribution < 1.29 is 14.3 Å². The van der Waals surface area contributed by atoms with Crippen molar-refractivity contribution in [3.63, 3.8) is 0 Å². The fourth-order valence-electron chi connectivity index (χ4n) is 1.61. The summed E-state index contributed by atoms with van der Waals surface area (Å²) in [7, 11) is 0. The second-order valence-corrected chi connectivity index (χ2v) is 5.31. The molecule has 0 amide bonds. The van der Waals surface area contributed by atoms with Gasteiger partial charge in [0, 0.05) is 6.42 Å². The summed E-state index contributed by atoms with van der Waals surface area (Å²) < 4.78 is 10.9. The lowest BCUT2D eigenvalue weighted by molar-refractivity contribution is -0.159. The molecule has 3 unspecified atom stereocenters. The van der Waals surface area contributed by atoms with Crippen LogP contribution in [0.25, 0.3) is 0 Å². The number of esters is 1. The van der Waals surface area contributed by atoms with Gasteiger partial charge in [0.05, 0.1) is 17.6 Å². The molecule has 3 nitrogen and oxygen atoms in total. The number of epoxide rings is 1. The maximum absolute atomic E-state index is 11.8. The van der Waals surface area contributed by atoms with Gasteiger partial charge in [0.25, 0.3) is 0 Å². The van der Waals surface area contributed by atoms with Crippen molar-refractivity contribution >= 4 is 5.97 Å². The predicted molar refractivity (Wildman–Crippen MR) is 63.2 cm³/mol. The lowest BCUT2D eigenvalue weighted by Gasteiger charge is -2.23. The van der Waals surface area contributed by atoms with Crippen LogP contribution >= 0.6 is 0 Å². The van der Waals surface area contributed by atoms with Gasteiger partial charge in [-0.05, 0) is 33.6 Å². The Hall–Kier alpha value is -0.570. The van der Waals surface area contributed by atoms with Gasteiger partial charge in [-0.15, -0.1) is 0 Å². The van der Waals surface area contributed by atoms with Crippen molar-refractivity contribution in [1.82, 2.24) is 0 Å². The zero-order chi connectivity index (χ0) is 12.3. The quantitative estimate of drug-likeness (QED) is 0.518. The van der Waals surface area contributed by atoms with Crippen LogP contribution in [-0.4, -0.2) is 24.3 Å². The third kappa shape index (κ3) is 3.48. The van der Waals surface area contributed by atoms with E-state index in [-0.39, 0.29) is 17.5 Å². The summed E-state index contributed by atoms with van der Waals surface area (Å²) in [6, 6.07) is 0. The van der Waals surface area contributed by atoms with Crippen LogP contribution < -0.4 is 0 Å². The molecule has 1 saturated heterocycles. The Morgan fingerprint density at radius 1 is 1.38 bits per heavy atom. The number of hydrogen-bond donors (Lipinski definition) is 0. The molecule has 1 aliphatic heterocycles. The number of ether oxygens (including phenoxy) is 2. The molecule has 94 valence electrons. The molecular weight excluding hydrogens is 204 g/mol. The molecule has 16 heavy (non-hydrogen) atoms. The average molecular weight is 228 g/mol. The van der Waals surface area contributed by atoms with Crippen LogP contribution in [0.3, 0.4) is 0 Å².